The molecule has 2 aromatic carbocycles. The number of benzene rings is 2. The van der Waals surface area contributed by atoms with Gasteiger partial charge in [-0.05, 0) is 61.4 Å². The fourth-order valence-electron chi connectivity index (χ4n) is 4.07. The van der Waals surface area contributed by atoms with E-state index in [0.717, 1.165) is 34.0 Å². The van der Waals surface area contributed by atoms with Gasteiger partial charge in [0.25, 0.3) is 0 Å². The zero-order valence-electron chi connectivity index (χ0n) is 20.1. The molecule has 0 saturated heterocycles. The Balaban J connectivity index is 1.61. The van der Waals surface area contributed by atoms with Crippen LogP contribution in [0.5, 0.6) is 5.75 Å². The highest BCUT2D eigenvalue weighted by molar-refractivity contribution is 5.95. The number of furan rings is 1. The molecule has 0 aliphatic carbocycles. The van der Waals surface area contributed by atoms with Crippen molar-refractivity contribution in [3.63, 3.8) is 0 Å². The molecule has 4 rings (SSSR count). The van der Waals surface area contributed by atoms with Crippen molar-refractivity contribution in [1.29, 1.82) is 5.26 Å². The monoisotopic (exact) mass is 468 g/mol. The summed E-state index contributed by atoms with van der Waals surface area (Å²) in [6, 6.07) is 23.6. The van der Waals surface area contributed by atoms with Crippen LogP contribution in [0.1, 0.15) is 28.1 Å². The first kappa shape index (κ1) is 23.7. The number of carbonyl (C=O) groups is 1. The van der Waals surface area contributed by atoms with Crippen LogP contribution in [0.15, 0.2) is 77.4 Å². The maximum atomic E-state index is 13.3. The Morgan fingerprint density at radius 1 is 1.09 bits per heavy atom. The van der Waals surface area contributed by atoms with E-state index in [9.17, 15) is 10.1 Å². The molecule has 0 saturated carbocycles. The van der Waals surface area contributed by atoms with Crippen LogP contribution in [-0.4, -0.2) is 24.1 Å². The zero-order valence-corrected chi connectivity index (χ0v) is 20.1. The number of hydrogen-bond donors (Lipinski definition) is 1. The molecule has 178 valence electrons. The van der Waals surface area contributed by atoms with E-state index in [1.54, 1.807) is 13.4 Å². The SMILES string of the molecule is COc1ccc(N(CC(=O)Nc2c(C#N)c(C)c(C)n2Cc2ccco2)Cc2ccccc2)cc1. The average Bonchev–Trinajstić information content (AvgIpc) is 3.47. The van der Waals surface area contributed by atoms with E-state index in [-0.39, 0.29) is 12.5 Å². The van der Waals surface area contributed by atoms with Crippen molar-refractivity contribution in [3.05, 3.63) is 101 Å². The largest absolute Gasteiger partial charge is 0.497 e. The van der Waals surface area contributed by atoms with Gasteiger partial charge in [0.05, 0.1) is 32.0 Å². The molecule has 0 atom stereocenters. The van der Waals surface area contributed by atoms with Crippen LogP contribution in [0.2, 0.25) is 0 Å². The van der Waals surface area contributed by atoms with Crippen LogP contribution in [0.3, 0.4) is 0 Å². The fraction of sp³-hybridized carbons (Fsp3) is 0.214. The maximum Gasteiger partial charge on any atom is 0.245 e. The van der Waals surface area contributed by atoms with E-state index in [2.05, 4.69) is 11.4 Å². The van der Waals surface area contributed by atoms with Gasteiger partial charge in [-0.3, -0.25) is 4.79 Å². The molecule has 0 fully saturated rings. The number of nitrogens with one attached hydrogen (secondary N) is 1. The summed E-state index contributed by atoms with van der Waals surface area (Å²) >= 11 is 0. The molecule has 0 spiro atoms. The van der Waals surface area contributed by atoms with Crippen molar-refractivity contribution in [2.45, 2.75) is 26.9 Å². The van der Waals surface area contributed by atoms with Gasteiger partial charge in [0.1, 0.15) is 23.4 Å². The van der Waals surface area contributed by atoms with Gasteiger partial charge in [-0.15, -0.1) is 0 Å². The number of amides is 1. The summed E-state index contributed by atoms with van der Waals surface area (Å²) in [6.45, 7) is 4.91. The molecule has 35 heavy (non-hydrogen) atoms. The molecule has 0 aliphatic heterocycles. The summed E-state index contributed by atoms with van der Waals surface area (Å²) in [5, 5.41) is 12.8. The molecular formula is C28H28N4O3. The summed E-state index contributed by atoms with van der Waals surface area (Å²) in [5.41, 5.74) is 4.18. The molecule has 0 radical (unpaired) electrons. The van der Waals surface area contributed by atoms with Gasteiger partial charge in [0.2, 0.25) is 5.91 Å². The smallest absolute Gasteiger partial charge is 0.245 e. The van der Waals surface area contributed by atoms with E-state index in [4.69, 9.17) is 9.15 Å². The Labute approximate surface area is 205 Å². The number of rotatable bonds is 9. The third-order valence-corrected chi connectivity index (χ3v) is 6.08. The predicted octanol–water partition coefficient (Wildman–Crippen LogP) is 5.27. The lowest BCUT2D eigenvalue weighted by Gasteiger charge is -2.25. The van der Waals surface area contributed by atoms with Gasteiger partial charge in [0.15, 0.2) is 0 Å². The second-order valence-electron chi connectivity index (χ2n) is 8.30. The lowest BCUT2D eigenvalue weighted by Crippen LogP contribution is -2.33. The number of methoxy groups -OCH3 is 1. The van der Waals surface area contributed by atoms with Crippen LogP contribution in [0.4, 0.5) is 11.5 Å². The first-order valence-corrected chi connectivity index (χ1v) is 11.3. The summed E-state index contributed by atoms with van der Waals surface area (Å²) < 4.78 is 12.7. The normalized spacial score (nSPS) is 10.6. The molecular weight excluding hydrogens is 440 g/mol. The summed E-state index contributed by atoms with van der Waals surface area (Å²) in [7, 11) is 1.62. The summed E-state index contributed by atoms with van der Waals surface area (Å²) in [4.78, 5) is 15.3. The van der Waals surface area contributed by atoms with Crippen molar-refractivity contribution < 1.29 is 13.9 Å². The van der Waals surface area contributed by atoms with E-state index >= 15 is 0 Å². The Bertz CT molecular complexity index is 1320. The molecule has 1 N–H and O–H groups in total. The summed E-state index contributed by atoms with van der Waals surface area (Å²) in [5.74, 6) is 1.76. The molecule has 1 amide bonds. The van der Waals surface area contributed by atoms with Crippen molar-refractivity contribution in [2.24, 2.45) is 0 Å². The van der Waals surface area contributed by atoms with Gasteiger partial charge in [-0.1, -0.05) is 30.3 Å². The molecule has 7 nitrogen and oxygen atoms in total. The molecule has 2 heterocycles. The highest BCUT2D eigenvalue weighted by atomic mass is 16.5. The van der Waals surface area contributed by atoms with Crippen LogP contribution in [0.25, 0.3) is 0 Å². The highest BCUT2D eigenvalue weighted by Gasteiger charge is 2.22. The van der Waals surface area contributed by atoms with E-state index < -0.39 is 0 Å². The molecule has 7 heteroatoms. The Hall–Kier alpha value is -4.44. The van der Waals surface area contributed by atoms with Crippen molar-refractivity contribution in [1.82, 2.24) is 4.57 Å². The minimum absolute atomic E-state index is 0.107. The second kappa shape index (κ2) is 10.7. The Morgan fingerprint density at radius 3 is 2.46 bits per heavy atom. The second-order valence-corrected chi connectivity index (χ2v) is 8.30. The quantitative estimate of drug-likeness (QED) is 0.362. The number of nitrogens with zero attached hydrogens (tertiary/aromatic N) is 3. The average molecular weight is 469 g/mol. The number of hydrogen-bond acceptors (Lipinski definition) is 5. The third-order valence-electron chi connectivity index (χ3n) is 6.08. The van der Waals surface area contributed by atoms with E-state index in [1.807, 2.05) is 90.0 Å². The molecule has 2 aromatic heterocycles. The third kappa shape index (κ3) is 5.39. The molecule has 4 aromatic rings. The van der Waals surface area contributed by atoms with E-state index in [0.29, 0.717) is 24.5 Å². The van der Waals surface area contributed by atoms with Crippen LogP contribution < -0.4 is 15.0 Å². The van der Waals surface area contributed by atoms with Crippen molar-refractivity contribution in [3.8, 4) is 11.8 Å². The van der Waals surface area contributed by atoms with Crippen molar-refractivity contribution in [2.75, 3.05) is 23.9 Å². The number of anilines is 2. The van der Waals surface area contributed by atoms with E-state index in [1.165, 1.54) is 0 Å². The lowest BCUT2D eigenvalue weighted by atomic mass is 10.2. The van der Waals surface area contributed by atoms with Crippen molar-refractivity contribution >= 4 is 17.4 Å². The van der Waals surface area contributed by atoms with Crippen LogP contribution in [0, 0.1) is 25.2 Å². The maximum absolute atomic E-state index is 13.3. The van der Waals surface area contributed by atoms with Gasteiger partial charge >= 0.3 is 0 Å². The highest BCUT2D eigenvalue weighted by Crippen LogP contribution is 2.28. The number of carbonyl (C=O) groups excluding carboxylic acids is 1. The minimum atomic E-state index is -0.216. The molecule has 0 unspecified atom stereocenters. The zero-order chi connectivity index (χ0) is 24.8. The predicted molar refractivity (Wildman–Crippen MR) is 136 cm³/mol. The topological polar surface area (TPSA) is 83.4 Å². The van der Waals surface area contributed by atoms with Gasteiger partial charge in [0, 0.05) is 17.9 Å². The first-order valence-electron chi connectivity index (χ1n) is 11.3. The van der Waals surface area contributed by atoms with Gasteiger partial charge in [-0.25, -0.2) is 0 Å². The van der Waals surface area contributed by atoms with Crippen LogP contribution in [-0.2, 0) is 17.9 Å². The molecule has 0 bridgehead atoms. The number of nitriles is 1. The van der Waals surface area contributed by atoms with Crippen LogP contribution >= 0.6 is 0 Å². The van der Waals surface area contributed by atoms with Gasteiger partial charge in [-0.2, -0.15) is 5.26 Å². The first-order chi connectivity index (χ1) is 17.0. The number of ether oxygens (including phenoxy) is 1. The van der Waals surface area contributed by atoms with Gasteiger partial charge < -0.3 is 23.9 Å². The fourth-order valence-corrected chi connectivity index (χ4v) is 4.07. The summed E-state index contributed by atoms with van der Waals surface area (Å²) in [6.07, 6.45) is 1.61. The lowest BCUT2D eigenvalue weighted by molar-refractivity contribution is -0.115. The molecule has 0 aliphatic rings. The minimum Gasteiger partial charge on any atom is -0.497 e. The Morgan fingerprint density at radius 2 is 1.83 bits per heavy atom. The Kier molecular flexibility index (Phi) is 7.22. The standard InChI is InChI=1S/C28H28N4O3/c1-20-21(2)32(18-25-10-7-15-35-25)28(26(20)16-29)30-27(33)19-31(17-22-8-5-4-6-9-22)23-11-13-24(34-3)14-12-23/h4-15H,17-19H2,1-3H3,(H,30,33). The number of aromatic nitrogens is 1.